The number of hydrogen-bond donors (Lipinski definition) is 3. The number of hydrogen-bond acceptors (Lipinski definition) is 6. The maximum atomic E-state index is 11.7. The molecular formula is C12H18ClN3O4. The Morgan fingerprint density at radius 2 is 2.35 bits per heavy atom. The van der Waals surface area contributed by atoms with Crippen molar-refractivity contribution in [3.63, 3.8) is 0 Å². The van der Waals surface area contributed by atoms with Gasteiger partial charge in [0.1, 0.15) is 23.0 Å². The standard InChI is InChI=1S/C12H18ClN3O4/c1-20-12(6-17,7-2-3-7)9(18)10(13)16-5-4-8(14)15-11(16)19/h4-5,7,9-10,17-18H,2-3,6H2,1H3,(H2,14,15,19)/t9-,10-,12-/m0/s1. The van der Waals surface area contributed by atoms with Crippen molar-refractivity contribution in [2.75, 3.05) is 19.5 Å². The lowest BCUT2D eigenvalue weighted by atomic mass is 9.91. The van der Waals surface area contributed by atoms with E-state index < -0.39 is 22.9 Å². The fourth-order valence-electron chi connectivity index (χ4n) is 2.39. The molecule has 1 aromatic heterocycles. The van der Waals surface area contributed by atoms with Crippen LogP contribution in [-0.4, -0.2) is 45.2 Å². The summed E-state index contributed by atoms with van der Waals surface area (Å²) in [5.74, 6) is 0.0955. The van der Waals surface area contributed by atoms with Crippen LogP contribution in [0.3, 0.4) is 0 Å². The molecule has 20 heavy (non-hydrogen) atoms. The van der Waals surface area contributed by atoms with E-state index in [1.165, 1.54) is 19.4 Å². The van der Waals surface area contributed by atoms with Gasteiger partial charge in [0.25, 0.3) is 0 Å². The normalized spacial score (nSPS) is 21.2. The average Bonchev–Trinajstić information content (AvgIpc) is 3.25. The Morgan fingerprint density at radius 3 is 2.80 bits per heavy atom. The van der Waals surface area contributed by atoms with E-state index in [1.54, 1.807) is 0 Å². The number of nitrogens with zero attached hydrogens (tertiary/aromatic N) is 2. The summed E-state index contributed by atoms with van der Waals surface area (Å²) in [4.78, 5) is 15.3. The van der Waals surface area contributed by atoms with Crippen molar-refractivity contribution in [3.8, 4) is 0 Å². The highest BCUT2D eigenvalue weighted by Crippen LogP contribution is 2.46. The quantitative estimate of drug-likeness (QED) is 0.623. The minimum Gasteiger partial charge on any atom is -0.393 e. The first-order valence-electron chi connectivity index (χ1n) is 6.29. The molecule has 7 nitrogen and oxygen atoms in total. The van der Waals surface area contributed by atoms with E-state index in [9.17, 15) is 15.0 Å². The highest BCUT2D eigenvalue weighted by atomic mass is 35.5. The average molecular weight is 304 g/mol. The van der Waals surface area contributed by atoms with Crippen molar-refractivity contribution in [1.82, 2.24) is 9.55 Å². The van der Waals surface area contributed by atoms with Crippen LogP contribution in [0.25, 0.3) is 0 Å². The first kappa shape index (κ1) is 15.2. The van der Waals surface area contributed by atoms with E-state index in [1.807, 2.05) is 0 Å². The predicted molar refractivity (Wildman–Crippen MR) is 73.4 cm³/mol. The Morgan fingerprint density at radius 1 is 1.70 bits per heavy atom. The van der Waals surface area contributed by atoms with E-state index in [0.29, 0.717) is 0 Å². The molecule has 1 heterocycles. The van der Waals surface area contributed by atoms with Crippen molar-refractivity contribution in [3.05, 3.63) is 22.7 Å². The number of rotatable bonds is 6. The van der Waals surface area contributed by atoms with Gasteiger partial charge in [-0.3, -0.25) is 4.57 Å². The molecule has 0 aliphatic heterocycles. The molecule has 0 bridgehead atoms. The minimum absolute atomic E-state index is 0.0196. The lowest BCUT2D eigenvalue weighted by molar-refractivity contribution is -0.149. The molecule has 1 aliphatic carbocycles. The predicted octanol–water partition coefficient (Wildman–Crippen LogP) is -0.289. The molecule has 0 aromatic carbocycles. The van der Waals surface area contributed by atoms with Gasteiger partial charge in [0.05, 0.1) is 6.61 Å². The van der Waals surface area contributed by atoms with Crippen molar-refractivity contribution in [2.45, 2.75) is 30.0 Å². The SMILES string of the molecule is CO[C@@](CO)(C1CC1)[C@@H](O)[C@@H](Cl)n1ccc(N)nc1=O. The second-order valence-corrected chi connectivity index (χ2v) is 5.40. The van der Waals surface area contributed by atoms with Gasteiger partial charge >= 0.3 is 5.69 Å². The van der Waals surface area contributed by atoms with E-state index in [-0.39, 0.29) is 18.3 Å². The van der Waals surface area contributed by atoms with Crippen LogP contribution in [0.2, 0.25) is 0 Å². The number of nitrogen functional groups attached to an aromatic ring is 1. The van der Waals surface area contributed by atoms with Gasteiger partial charge in [-0.2, -0.15) is 4.98 Å². The third-order valence-electron chi connectivity index (χ3n) is 3.77. The van der Waals surface area contributed by atoms with Crippen LogP contribution in [0, 0.1) is 5.92 Å². The molecule has 0 unspecified atom stereocenters. The summed E-state index contributed by atoms with van der Waals surface area (Å²) in [6.45, 7) is -0.379. The van der Waals surface area contributed by atoms with Crippen molar-refractivity contribution in [2.24, 2.45) is 5.92 Å². The number of anilines is 1. The summed E-state index contributed by atoms with van der Waals surface area (Å²) >= 11 is 6.17. The molecule has 1 aliphatic rings. The number of methoxy groups -OCH3 is 1. The van der Waals surface area contributed by atoms with E-state index in [4.69, 9.17) is 22.1 Å². The zero-order valence-corrected chi connectivity index (χ0v) is 11.8. The Labute approximate surface area is 121 Å². The minimum atomic E-state index is -1.25. The molecule has 1 aromatic rings. The molecule has 0 amide bonds. The summed E-state index contributed by atoms with van der Waals surface area (Å²) in [6, 6.07) is 1.41. The molecule has 8 heteroatoms. The van der Waals surface area contributed by atoms with Crippen molar-refractivity contribution in [1.29, 1.82) is 0 Å². The molecule has 0 spiro atoms. The molecule has 1 saturated carbocycles. The number of nitrogens with two attached hydrogens (primary N) is 1. The van der Waals surface area contributed by atoms with Gasteiger partial charge in [-0.25, -0.2) is 4.79 Å². The first-order valence-corrected chi connectivity index (χ1v) is 6.72. The number of halogens is 1. The van der Waals surface area contributed by atoms with Crippen LogP contribution < -0.4 is 11.4 Å². The second-order valence-electron chi connectivity index (χ2n) is 4.95. The Balaban J connectivity index is 2.31. The van der Waals surface area contributed by atoms with Gasteiger partial charge in [0.15, 0.2) is 0 Å². The van der Waals surface area contributed by atoms with Gasteiger partial charge in [-0.05, 0) is 24.8 Å². The van der Waals surface area contributed by atoms with Gasteiger partial charge in [0.2, 0.25) is 0 Å². The molecular weight excluding hydrogens is 286 g/mol. The highest BCUT2D eigenvalue weighted by Gasteiger charge is 2.53. The Bertz CT molecular complexity index is 528. The summed E-state index contributed by atoms with van der Waals surface area (Å²) in [7, 11) is 1.41. The number of ether oxygens (including phenoxy) is 1. The molecule has 0 radical (unpaired) electrons. The number of aliphatic hydroxyl groups excluding tert-OH is 2. The van der Waals surface area contributed by atoms with Crippen LogP contribution >= 0.6 is 11.6 Å². The topological polar surface area (TPSA) is 111 Å². The first-order chi connectivity index (χ1) is 9.46. The van der Waals surface area contributed by atoms with E-state index >= 15 is 0 Å². The second kappa shape index (κ2) is 5.69. The molecule has 2 rings (SSSR count). The lowest BCUT2D eigenvalue weighted by Gasteiger charge is -2.37. The summed E-state index contributed by atoms with van der Waals surface area (Å²) < 4.78 is 6.40. The fourth-order valence-corrected chi connectivity index (χ4v) is 2.75. The lowest BCUT2D eigenvalue weighted by Crippen LogP contribution is -2.53. The third kappa shape index (κ3) is 2.54. The maximum Gasteiger partial charge on any atom is 0.350 e. The maximum absolute atomic E-state index is 11.7. The van der Waals surface area contributed by atoms with Gasteiger partial charge in [-0.1, -0.05) is 11.6 Å². The monoisotopic (exact) mass is 303 g/mol. The summed E-state index contributed by atoms with van der Waals surface area (Å²) in [5, 5.41) is 20.0. The van der Waals surface area contributed by atoms with Crippen LogP contribution in [0.4, 0.5) is 5.82 Å². The van der Waals surface area contributed by atoms with E-state index in [0.717, 1.165) is 17.4 Å². The molecule has 112 valence electrons. The molecule has 1 fully saturated rings. The fraction of sp³-hybridized carbons (Fsp3) is 0.667. The van der Waals surface area contributed by atoms with Gasteiger partial charge < -0.3 is 20.7 Å². The highest BCUT2D eigenvalue weighted by molar-refractivity contribution is 6.19. The van der Waals surface area contributed by atoms with Crippen molar-refractivity contribution >= 4 is 17.4 Å². The zero-order chi connectivity index (χ0) is 14.9. The van der Waals surface area contributed by atoms with Crippen LogP contribution in [-0.2, 0) is 4.74 Å². The smallest absolute Gasteiger partial charge is 0.350 e. The van der Waals surface area contributed by atoms with Crippen LogP contribution in [0.15, 0.2) is 17.1 Å². The zero-order valence-electron chi connectivity index (χ0n) is 11.1. The van der Waals surface area contributed by atoms with E-state index in [2.05, 4.69) is 4.98 Å². The molecule has 0 saturated heterocycles. The number of aliphatic hydroxyl groups is 2. The Hall–Kier alpha value is -1.15. The third-order valence-corrected chi connectivity index (χ3v) is 4.22. The number of alkyl halides is 1. The number of aromatic nitrogens is 2. The summed E-state index contributed by atoms with van der Waals surface area (Å²) in [5.41, 5.74) is 2.46. The Kier molecular flexibility index (Phi) is 4.33. The van der Waals surface area contributed by atoms with Crippen LogP contribution in [0.1, 0.15) is 18.3 Å². The molecule has 3 atom stereocenters. The van der Waals surface area contributed by atoms with Crippen LogP contribution in [0.5, 0.6) is 0 Å². The molecule has 4 N–H and O–H groups in total. The van der Waals surface area contributed by atoms with Gasteiger partial charge in [-0.15, -0.1) is 0 Å². The van der Waals surface area contributed by atoms with Crippen molar-refractivity contribution < 1.29 is 14.9 Å². The van der Waals surface area contributed by atoms with Gasteiger partial charge in [0, 0.05) is 13.3 Å². The summed E-state index contributed by atoms with van der Waals surface area (Å²) in [6.07, 6.45) is 1.78. The largest absolute Gasteiger partial charge is 0.393 e.